The molecule has 26 nitrogen and oxygen atoms in total. The van der Waals surface area contributed by atoms with Crippen LogP contribution in [0.5, 0.6) is 0 Å². The molecule has 0 radical (unpaired) electrons. The number of aliphatic hydroxyl groups excluding tert-OH is 2. The van der Waals surface area contributed by atoms with Crippen LogP contribution in [0.4, 0.5) is 5.82 Å². The van der Waals surface area contributed by atoms with Gasteiger partial charge in [-0.25, -0.2) is 28.6 Å². The second kappa shape index (κ2) is 19.8. The highest BCUT2D eigenvalue weighted by Gasteiger charge is 2.50. The minimum atomic E-state index is -5.57. The molecule has 0 aliphatic carbocycles. The number of ether oxygens (including phenoxy) is 1. The second-order valence-electron chi connectivity index (χ2n) is 12.4. The highest BCUT2D eigenvalue weighted by Crippen LogP contribution is 2.61. The van der Waals surface area contributed by atoms with E-state index in [0.29, 0.717) is 6.42 Å². The second-order valence-corrected chi connectivity index (χ2v) is 17.8. The maximum atomic E-state index is 12.7. The molecule has 0 aromatic carbocycles. The van der Waals surface area contributed by atoms with Crippen LogP contribution in [0.25, 0.3) is 11.2 Å². The van der Waals surface area contributed by atoms with Crippen LogP contribution in [0.15, 0.2) is 12.7 Å². The Morgan fingerprint density at radius 2 is 1.75 bits per heavy atom. The number of hydrogen-bond donors (Lipinski definition) is 11. The Balaban J connectivity index is 1.50. The summed E-state index contributed by atoms with van der Waals surface area (Å²) in [5, 5.41) is 26.0. The molecule has 1 saturated heterocycles. The highest BCUT2D eigenvalue weighted by atomic mass is 32.2. The Bertz CT molecular complexity index is 1800. The van der Waals surface area contributed by atoms with Gasteiger partial charge in [0.1, 0.15) is 36.3 Å². The van der Waals surface area contributed by atoms with E-state index < -0.39 is 90.6 Å². The molecular formula is C25H44N9O17P3S. The lowest BCUT2D eigenvalue weighted by atomic mass is 9.87. The van der Waals surface area contributed by atoms with Gasteiger partial charge in [0.15, 0.2) is 17.7 Å². The van der Waals surface area contributed by atoms with E-state index in [1.54, 1.807) is 0 Å². The monoisotopic (exact) mass is 867 g/mol. The summed E-state index contributed by atoms with van der Waals surface area (Å²) in [6, 6.07) is -0.706. The number of aromatic nitrogens is 4. The Kier molecular flexibility index (Phi) is 16.8. The predicted octanol–water partition coefficient (Wildman–Crippen LogP) is -2.66. The van der Waals surface area contributed by atoms with Crippen LogP contribution in [0.2, 0.25) is 0 Å². The summed E-state index contributed by atoms with van der Waals surface area (Å²) in [6.07, 6.45) is -6.66. The summed E-state index contributed by atoms with van der Waals surface area (Å²) < 4.78 is 62.0. The van der Waals surface area contributed by atoms with Crippen molar-refractivity contribution in [1.82, 2.24) is 30.2 Å². The van der Waals surface area contributed by atoms with Crippen molar-refractivity contribution in [3.8, 4) is 0 Å². The maximum Gasteiger partial charge on any atom is 0.481 e. The fourth-order valence-electron chi connectivity index (χ4n) is 4.69. The summed E-state index contributed by atoms with van der Waals surface area (Å²) >= 11 is 0.938. The number of rotatable bonds is 22. The lowest BCUT2D eigenvalue weighted by Crippen LogP contribution is -2.46. The number of carbonyl (C=O) groups is 3. The van der Waals surface area contributed by atoms with Crippen molar-refractivity contribution in [1.29, 1.82) is 0 Å². The number of aliphatic hydroxyl groups is 2. The van der Waals surface area contributed by atoms with Gasteiger partial charge in [-0.1, -0.05) is 25.6 Å². The molecule has 8 unspecified atom stereocenters. The predicted molar refractivity (Wildman–Crippen MR) is 189 cm³/mol. The quantitative estimate of drug-likeness (QED) is 0.0425. The average molecular weight is 868 g/mol. The number of nitrogens with two attached hydrogens (primary N) is 3. The number of imidazole rings is 1. The summed E-state index contributed by atoms with van der Waals surface area (Å²) in [5.74, 6) is -1.26. The third kappa shape index (κ3) is 14.1. The van der Waals surface area contributed by atoms with Crippen molar-refractivity contribution >= 4 is 69.1 Å². The minimum Gasteiger partial charge on any atom is -0.386 e. The van der Waals surface area contributed by atoms with E-state index in [4.69, 9.17) is 31.0 Å². The first-order valence-electron chi connectivity index (χ1n) is 16.0. The van der Waals surface area contributed by atoms with Crippen molar-refractivity contribution in [3.05, 3.63) is 12.7 Å². The SMILES string of the molecule is CC(C)(COP(=O)(O)OP(=O)(O)OCC1OC(n2cnc3c(N)ncnc32)C(O)C1OP(=O)(O)O)C(O)C(=O)NCCC(=O)NCCSC(=O)C(N)CCN. The maximum absolute atomic E-state index is 12.7. The van der Waals surface area contributed by atoms with Crippen molar-refractivity contribution in [3.63, 3.8) is 0 Å². The molecule has 0 saturated carbocycles. The third-order valence-electron chi connectivity index (χ3n) is 7.53. The van der Waals surface area contributed by atoms with Gasteiger partial charge in [-0.15, -0.1) is 0 Å². The molecule has 14 N–H and O–H groups in total. The molecule has 0 bridgehead atoms. The number of phosphoric acid groups is 3. The molecule has 2 aromatic rings. The zero-order valence-electron chi connectivity index (χ0n) is 29.2. The minimum absolute atomic E-state index is 0.0261. The smallest absolute Gasteiger partial charge is 0.386 e. The molecular weight excluding hydrogens is 823 g/mol. The zero-order chi connectivity index (χ0) is 41.4. The zero-order valence-corrected chi connectivity index (χ0v) is 32.7. The standard InChI is InChI=1S/C25H44N9O17P3S/c1-25(2,19(37)22(38)30-6-4-15(35)29-7-8-55-24(39)13(27)3-5-26)10-48-54(45,46)51-53(43,44)47-9-14-18(50-52(40,41)42)17(36)23(49-14)34-12-33-16-20(28)31-11-32-21(16)34/h11-14,17-19,23,36-37H,3-10,26-27H2,1-2H3,(H,29,35)(H,30,38)(H,43,44)(H,45,46)(H2,28,31,32)(H2,40,41,42). The van der Waals surface area contributed by atoms with Gasteiger partial charge in [-0.2, -0.15) is 4.31 Å². The molecule has 3 heterocycles. The number of anilines is 1. The number of nitrogens with one attached hydrogen (secondary N) is 2. The fourth-order valence-corrected chi connectivity index (χ4v) is 8.25. The number of carbonyl (C=O) groups excluding carboxylic acids is 3. The fraction of sp³-hybridized carbons (Fsp3) is 0.680. The lowest BCUT2D eigenvalue weighted by molar-refractivity contribution is -0.137. The van der Waals surface area contributed by atoms with Crippen LogP contribution in [-0.2, 0) is 50.7 Å². The number of amides is 2. The molecule has 8 atom stereocenters. The Morgan fingerprint density at radius 1 is 1.07 bits per heavy atom. The van der Waals surface area contributed by atoms with Gasteiger partial charge in [0, 0.05) is 30.7 Å². The Morgan fingerprint density at radius 3 is 2.40 bits per heavy atom. The molecule has 2 amide bonds. The lowest BCUT2D eigenvalue weighted by Gasteiger charge is -2.30. The largest absolute Gasteiger partial charge is 0.481 e. The van der Waals surface area contributed by atoms with Gasteiger partial charge in [0.25, 0.3) is 0 Å². The summed E-state index contributed by atoms with van der Waals surface area (Å²) in [6.45, 7) is 0.618. The van der Waals surface area contributed by atoms with E-state index in [1.807, 2.05) is 0 Å². The van der Waals surface area contributed by atoms with Gasteiger partial charge in [-0.3, -0.25) is 32.5 Å². The molecule has 3 rings (SSSR count). The molecule has 1 aliphatic heterocycles. The number of hydrogen-bond acceptors (Lipinski definition) is 20. The van der Waals surface area contributed by atoms with Gasteiger partial charge in [-0.05, 0) is 13.0 Å². The van der Waals surface area contributed by atoms with Gasteiger partial charge in [0.2, 0.25) is 16.9 Å². The summed E-state index contributed by atoms with van der Waals surface area (Å²) in [5.41, 5.74) is 15.3. The normalized spacial score (nSPS) is 22.4. The first-order chi connectivity index (χ1) is 25.5. The van der Waals surface area contributed by atoms with Crippen molar-refractivity contribution in [2.24, 2.45) is 16.9 Å². The van der Waals surface area contributed by atoms with Gasteiger partial charge < -0.3 is 62.4 Å². The van der Waals surface area contributed by atoms with E-state index >= 15 is 0 Å². The number of nitrogen functional groups attached to an aromatic ring is 1. The van der Waals surface area contributed by atoms with Crippen molar-refractivity contribution < 1.29 is 80.5 Å². The van der Waals surface area contributed by atoms with E-state index in [9.17, 15) is 57.9 Å². The third-order valence-corrected chi connectivity index (χ3v) is 11.6. The van der Waals surface area contributed by atoms with E-state index in [2.05, 4.69) is 34.4 Å². The molecule has 55 heavy (non-hydrogen) atoms. The van der Waals surface area contributed by atoms with Crippen LogP contribution in [0, 0.1) is 5.41 Å². The average Bonchev–Trinajstić information content (AvgIpc) is 3.64. The molecule has 0 spiro atoms. The van der Waals surface area contributed by atoms with Crippen LogP contribution in [-0.4, -0.2) is 135 Å². The van der Waals surface area contributed by atoms with Crippen LogP contribution < -0.4 is 27.8 Å². The van der Waals surface area contributed by atoms with E-state index in [-0.39, 0.29) is 53.9 Å². The number of phosphoric ester groups is 3. The van der Waals surface area contributed by atoms with Crippen LogP contribution in [0.3, 0.4) is 0 Å². The summed E-state index contributed by atoms with van der Waals surface area (Å²) in [7, 11) is -16.4. The first-order valence-corrected chi connectivity index (χ1v) is 21.5. The Hall–Kier alpha value is -2.52. The van der Waals surface area contributed by atoms with Gasteiger partial charge >= 0.3 is 23.5 Å². The van der Waals surface area contributed by atoms with Crippen molar-refractivity contribution in [2.75, 3.05) is 44.3 Å². The molecule has 2 aromatic heterocycles. The number of fused-ring (bicyclic) bond motifs is 1. The van der Waals surface area contributed by atoms with Crippen molar-refractivity contribution in [2.45, 2.75) is 63.4 Å². The molecule has 312 valence electrons. The topological polar surface area (TPSA) is 416 Å². The Labute approximate surface area is 316 Å². The highest BCUT2D eigenvalue weighted by molar-refractivity contribution is 8.13. The molecule has 30 heteroatoms. The van der Waals surface area contributed by atoms with Crippen LogP contribution >= 0.6 is 35.2 Å². The summed E-state index contributed by atoms with van der Waals surface area (Å²) in [4.78, 5) is 87.2. The molecule has 1 aliphatic rings. The molecule has 1 fully saturated rings. The number of thioether (sulfide) groups is 1. The first kappa shape index (κ1) is 46.9. The van der Waals surface area contributed by atoms with E-state index in [1.165, 1.54) is 13.8 Å². The number of nitrogens with zero attached hydrogens (tertiary/aromatic N) is 4. The van der Waals surface area contributed by atoms with E-state index in [0.717, 1.165) is 29.0 Å². The van der Waals surface area contributed by atoms with Crippen LogP contribution in [0.1, 0.15) is 32.9 Å². The van der Waals surface area contributed by atoms with Gasteiger partial charge in [0.05, 0.1) is 25.6 Å².